The van der Waals surface area contributed by atoms with Gasteiger partial charge in [-0.1, -0.05) is 25.6 Å². The summed E-state index contributed by atoms with van der Waals surface area (Å²) in [7, 11) is 0. The normalized spacial score (nSPS) is 11.9. The van der Waals surface area contributed by atoms with Crippen LogP contribution in [0, 0.1) is 19.8 Å². The number of nitrogens with one attached hydrogen (secondary N) is 2. The number of aliphatic carboxylic acids is 1. The van der Waals surface area contributed by atoms with Gasteiger partial charge in [-0.3, -0.25) is 9.59 Å². The number of nitrogens with zero attached hydrogens (tertiary/aromatic N) is 2. The van der Waals surface area contributed by atoms with E-state index in [0.29, 0.717) is 18.0 Å². The molecule has 0 aliphatic heterocycles. The number of carbonyl (C=O) groups excluding carboxylic acids is 2. The number of rotatable bonds is 10. The van der Waals surface area contributed by atoms with Gasteiger partial charge in [-0.15, -0.1) is 0 Å². The molecule has 0 saturated heterocycles. The van der Waals surface area contributed by atoms with Crippen molar-refractivity contribution in [3.05, 3.63) is 17.0 Å². The molecule has 0 aliphatic rings. The number of amides is 2. The van der Waals surface area contributed by atoms with Crippen LogP contribution in [0.4, 0.5) is 0 Å². The van der Waals surface area contributed by atoms with E-state index in [-0.39, 0.29) is 24.8 Å². The Balaban J connectivity index is 2.49. The predicted molar refractivity (Wildman–Crippen MR) is 104 cm³/mol. The fraction of sp³-hybridized carbons (Fsp3) is 0.611. The zero-order chi connectivity index (χ0) is 20.6. The van der Waals surface area contributed by atoms with Crippen LogP contribution in [0.1, 0.15) is 43.6 Å². The smallest absolute Gasteiger partial charge is 0.326 e. The lowest BCUT2D eigenvalue weighted by Gasteiger charge is -2.16. The maximum absolute atomic E-state index is 12.0. The van der Waals surface area contributed by atoms with E-state index in [0.717, 1.165) is 17.0 Å². The van der Waals surface area contributed by atoms with E-state index in [1.807, 2.05) is 34.0 Å². The van der Waals surface area contributed by atoms with E-state index in [1.54, 1.807) is 0 Å². The summed E-state index contributed by atoms with van der Waals surface area (Å²) in [6.45, 7) is 7.28. The van der Waals surface area contributed by atoms with Gasteiger partial charge < -0.3 is 15.7 Å². The Labute approximate surface area is 163 Å². The number of carboxylic acid groups (broad SMARTS) is 1. The number of hydrogen-bond acceptors (Lipinski definition) is 6. The Morgan fingerprint density at radius 1 is 1.11 bits per heavy atom. The Bertz CT molecular complexity index is 671. The topological polar surface area (TPSA) is 121 Å². The van der Waals surface area contributed by atoms with Crippen LogP contribution in [-0.4, -0.2) is 51.7 Å². The number of aromatic nitrogens is 2. The average molecular weight is 397 g/mol. The molecule has 27 heavy (non-hydrogen) atoms. The van der Waals surface area contributed by atoms with Gasteiger partial charge >= 0.3 is 5.97 Å². The summed E-state index contributed by atoms with van der Waals surface area (Å²) in [6, 6.07) is -0.952. The molecule has 0 radical (unpaired) electrons. The quantitative estimate of drug-likeness (QED) is 0.404. The van der Waals surface area contributed by atoms with Crippen LogP contribution in [-0.2, 0) is 20.8 Å². The third kappa shape index (κ3) is 7.94. The molecule has 1 aromatic heterocycles. The number of carboxylic acids is 1. The first kappa shape index (κ1) is 22.9. The molecule has 1 heterocycles. The maximum Gasteiger partial charge on any atom is 0.326 e. The van der Waals surface area contributed by atoms with Gasteiger partial charge in [-0.2, -0.15) is 0 Å². The van der Waals surface area contributed by atoms with Crippen LogP contribution in [0.25, 0.3) is 0 Å². The Morgan fingerprint density at radius 2 is 1.70 bits per heavy atom. The van der Waals surface area contributed by atoms with Crippen molar-refractivity contribution in [1.82, 2.24) is 20.6 Å². The van der Waals surface area contributed by atoms with Gasteiger partial charge in [0, 0.05) is 17.8 Å². The van der Waals surface area contributed by atoms with Crippen molar-refractivity contribution in [2.24, 2.45) is 5.92 Å². The van der Waals surface area contributed by atoms with Crippen LogP contribution < -0.4 is 10.6 Å². The lowest BCUT2D eigenvalue weighted by Crippen LogP contribution is -2.46. The zero-order valence-corrected chi connectivity index (χ0v) is 17.3. The van der Waals surface area contributed by atoms with Crippen LogP contribution >= 0.6 is 11.8 Å². The SMILES string of the molecule is CSc1nc(C)c(CCC(=O)NCC(=O)N[C@@H](CC(C)C)C(=O)O)c(C)n1. The second-order valence-corrected chi connectivity index (χ2v) is 7.50. The molecule has 8 nitrogen and oxygen atoms in total. The highest BCUT2D eigenvalue weighted by Gasteiger charge is 2.21. The zero-order valence-electron chi connectivity index (χ0n) is 16.5. The third-order valence-corrected chi connectivity index (χ3v) is 4.52. The summed E-state index contributed by atoms with van der Waals surface area (Å²) in [5.74, 6) is -1.75. The predicted octanol–water partition coefficient (Wildman–Crippen LogP) is 1.48. The van der Waals surface area contributed by atoms with E-state index in [2.05, 4.69) is 20.6 Å². The molecule has 9 heteroatoms. The van der Waals surface area contributed by atoms with Gasteiger partial charge in [0.1, 0.15) is 6.04 Å². The van der Waals surface area contributed by atoms with Gasteiger partial charge in [0.15, 0.2) is 5.16 Å². The highest BCUT2D eigenvalue weighted by molar-refractivity contribution is 7.98. The van der Waals surface area contributed by atoms with Crippen LogP contribution in [0.15, 0.2) is 5.16 Å². The Hall–Kier alpha value is -2.16. The molecule has 0 bridgehead atoms. The molecule has 1 aromatic rings. The van der Waals surface area contributed by atoms with Crippen molar-refractivity contribution in [3.63, 3.8) is 0 Å². The molecule has 0 saturated carbocycles. The Morgan fingerprint density at radius 3 is 2.19 bits per heavy atom. The molecule has 0 fully saturated rings. The summed E-state index contributed by atoms with van der Waals surface area (Å²) >= 11 is 1.46. The highest BCUT2D eigenvalue weighted by Crippen LogP contribution is 2.17. The minimum absolute atomic E-state index is 0.132. The number of aryl methyl sites for hydroxylation is 2. The number of carbonyl (C=O) groups is 3. The van der Waals surface area contributed by atoms with Crippen molar-refractivity contribution >= 4 is 29.5 Å². The van der Waals surface area contributed by atoms with Gasteiger partial charge in [-0.25, -0.2) is 14.8 Å². The molecular formula is C18H28N4O4S. The molecule has 0 unspecified atom stereocenters. The third-order valence-electron chi connectivity index (χ3n) is 3.97. The number of hydrogen-bond donors (Lipinski definition) is 3. The van der Waals surface area contributed by atoms with E-state index >= 15 is 0 Å². The Kier molecular flexibility index (Phi) is 9.20. The first-order valence-corrected chi connectivity index (χ1v) is 10.0. The van der Waals surface area contributed by atoms with Crippen molar-refractivity contribution in [1.29, 1.82) is 0 Å². The first-order valence-electron chi connectivity index (χ1n) is 8.81. The number of thioether (sulfide) groups is 1. The minimum atomic E-state index is -1.08. The molecule has 0 spiro atoms. The summed E-state index contributed by atoms with van der Waals surface area (Å²) in [5.41, 5.74) is 2.61. The molecule has 2 amide bonds. The highest BCUT2D eigenvalue weighted by atomic mass is 32.2. The van der Waals surface area contributed by atoms with Gasteiger partial charge in [-0.05, 0) is 44.4 Å². The van der Waals surface area contributed by atoms with E-state index < -0.39 is 17.9 Å². The van der Waals surface area contributed by atoms with Crippen molar-refractivity contribution in [2.45, 2.75) is 58.2 Å². The van der Waals surface area contributed by atoms with Crippen LogP contribution in [0.5, 0.6) is 0 Å². The first-order chi connectivity index (χ1) is 12.6. The van der Waals surface area contributed by atoms with E-state index in [1.165, 1.54) is 11.8 Å². The van der Waals surface area contributed by atoms with Gasteiger partial charge in [0.25, 0.3) is 0 Å². The fourth-order valence-electron chi connectivity index (χ4n) is 2.61. The summed E-state index contributed by atoms with van der Waals surface area (Å²) in [6.07, 6.45) is 2.91. The molecule has 1 atom stereocenters. The van der Waals surface area contributed by atoms with Crippen LogP contribution in [0.2, 0.25) is 0 Å². The van der Waals surface area contributed by atoms with Crippen molar-refractivity contribution in [3.8, 4) is 0 Å². The summed E-state index contributed by atoms with van der Waals surface area (Å²) in [4.78, 5) is 43.8. The van der Waals surface area contributed by atoms with E-state index in [9.17, 15) is 14.4 Å². The lowest BCUT2D eigenvalue weighted by atomic mass is 10.0. The van der Waals surface area contributed by atoms with Gasteiger partial charge in [0.05, 0.1) is 6.54 Å². The monoisotopic (exact) mass is 396 g/mol. The fourth-order valence-corrected chi connectivity index (χ4v) is 3.06. The molecule has 150 valence electrons. The summed E-state index contributed by atoms with van der Waals surface area (Å²) < 4.78 is 0. The maximum atomic E-state index is 12.0. The minimum Gasteiger partial charge on any atom is -0.480 e. The molecule has 0 aliphatic carbocycles. The molecule has 0 aromatic carbocycles. The van der Waals surface area contributed by atoms with Gasteiger partial charge in [0.2, 0.25) is 11.8 Å². The average Bonchev–Trinajstić information content (AvgIpc) is 2.57. The second-order valence-electron chi connectivity index (χ2n) is 6.72. The molecular weight excluding hydrogens is 368 g/mol. The lowest BCUT2D eigenvalue weighted by molar-refractivity contribution is -0.142. The van der Waals surface area contributed by atoms with E-state index in [4.69, 9.17) is 5.11 Å². The summed E-state index contributed by atoms with van der Waals surface area (Å²) in [5, 5.41) is 14.8. The van der Waals surface area contributed by atoms with Crippen molar-refractivity contribution < 1.29 is 19.5 Å². The molecule has 3 N–H and O–H groups in total. The standard InChI is InChI=1S/C18H28N4O4S/c1-10(2)8-14(17(25)26)22-16(24)9-19-15(23)7-6-13-11(3)20-18(27-5)21-12(13)4/h10,14H,6-9H2,1-5H3,(H,19,23)(H,22,24)(H,25,26)/t14-/m0/s1. The van der Waals surface area contributed by atoms with Crippen LogP contribution in [0.3, 0.4) is 0 Å². The second kappa shape index (κ2) is 10.9. The largest absolute Gasteiger partial charge is 0.480 e. The van der Waals surface area contributed by atoms with Crippen molar-refractivity contribution in [2.75, 3.05) is 12.8 Å². The molecule has 1 rings (SSSR count).